The highest BCUT2D eigenvalue weighted by Gasteiger charge is 2.14. The zero-order valence-electron chi connectivity index (χ0n) is 12.8. The maximum Gasteiger partial charge on any atom is 0.258 e. The standard InChI is InChI=1S/C17H11ClF2N2OS2/c1-24-10-3-4-12(18)11(7-10)16(23)22-17-21-15(8-25-17)9-2-5-13(19)14(20)6-9/h2-8H,1H3,(H,21,22,23). The molecule has 0 saturated heterocycles. The molecule has 1 aromatic heterocycles. The van der Waals surface area contributed by atoms with E-state index in [9.17, 15) is 13.6 Å². The highest BCUT2D eigenvalue weighted by Crippen LogP contribution is 2.28. The van der Waals surface area contributed by atoms with Gasteiger partial charge in [-0.15, -0.1) is 23.1 Å². The zero-order valence-corrected chi connectivity index (χ0v) is 15.2. The van der Waals surface area contributed by atoms with Crippen LogP contribution in [0.4, 0.5) is 13.9 Å². The van der Waals surface area contributed by atoms with Crippen LogP contribution in [-0.2, 0) is 0 Å². The van der Waals surface area contributed by atoms with Gasteiger partial charge < -0.3 is 0 Å². The fourth-order valence-corrected chi connectivity index (χ4v) is 3.45. The molecular weight excluding hydrogens is 386 g/mol. The van der Waals surface area contributed by atoms with Gasteiger partial charge >= 0.3 is 0 Å². The first-order valence-corrected chi connectivity index (χ1v) is 9.52. The molecule has 0 aliphatic carbocycles. The molecule has 8 heteroatoms. The summed E-state index contributed by atoms with van der Waals surface area (Å²) in [6, 6.07) is 8.72. The van der Waals surface area contributed by atoms with E-state index in [4.69, 9.17) is 11.6 Å². The Hall–Kier alpha value is -1.96. The molecule has 3 aromatic rings. The van der Waals surface area contributed by atoms with Crippen LogP contribution in [0, 0.1) is 11.6 Å². The van der Waals surface area contributed by atoms with Crippen molar-refractivity contribution in [1.29, 1.82) is 0 Å². The van der Waals surface area contributed by atoms with Crippen LogP contribution >= 0.6 is 34.7 Å². The molecule has 0 fully saturated rings. The molecule has 2 aromatic carbocycles. The van der Waals surface area contributed by atoms with Crippen molar-refractivity contribution in [2.75, 3.05) is 11.6 Å². The Bertz CT molecular complexity index is 946. The molecule has 3 rings (SSSR count). The van der Waals surface area contributed by atoms with E-state index >= 15 is 0 Å². The molecule has 0 spiro atoms. The highest BCUT2D eigenvalue weighted by molar-refractivity contribution is 7.98. The molecule has 0 aliphatic heterocycles. The molecule has 0 aliphatic rings. The van der Waals surface area contributed by atoms with Crippen LogP contribution in [0.1, 0.15) is 10.4 Å². The fourth-order valence-electron chi connectivity index (χ4n) is 2.09. The largest absolute Gasteiger partial charge is 0.298 e. The normalized spacial score (nSPS) is 10.7. The van der Waals surface area contributed by atoms with Gasteiger partial charge in [0, 0.05) is 15.8 Å². The molecule has 1 N–H and O–H groups in total. The summed E-state index contributed by atoms with van der Waals surface area (Å²) in [7, 11) is 0. The third kappa shape index (κ3) is 4.00. The van der Waals surface area contributed by atoms with Crippen LogP contribution in [0.5, 0.6) is 0 Å². The summed E-state index contributed by atoms with van der Waals surface area (Å²) in [4.78, 5) is 17.6. The van der Waals surface area contributed by atoms with Crippen LogP contribution < -0.4 is 5.32 Å². The Balaban J connectivity index is 1.81. The van der Waals surface area contributed by atoms with E-state index in [0.717, 1.165) is 17.0 Å². The number of thioether (sulfide) groups is 1. The van der Waals surface area contributed by atoms with Gasteiger partial charge in [-0.05, 0) is 42.7 Å². The number of aromatic nitrogens is 1. The lowest BCUT2D eigenvalue weighted by Gasteiger charge is -2.06. The van der Waals surface area contributed by atoms with Crippen LogP contribution in [0.2, 0.25) is 5.02 Å². The maximum atomic E-state index is 13.3. The minimum atomic E-state index is -0.947. The van der Waals surface area contributed by atoms with Gasteiger partial charge in [-0.25, -0.2) is 13.8 Å². The lowest BCUT2D eigenvalue weighted by molar-refractivity contribution is 0.102. The molecule has 1 amide bonds. The first-order chi connectivity index (χ1) is 12.0. The second-order valence-corrected chi connectivity index (χ2v) is 7.11. The summed E-state index contributed by atoms with van der Waals surface area (Å²) < 4.78 is 26.3. The van der Waals surface area contributed by atoms with Gasteiger partial charge in [-0.2, -0.15) is 0 Å². The Morgan fingerprint density at radius 1 is 1.20 bits per heavy atom. The summed E-state index contributed by atoms with van der Waals surface area (Å²) in [5, 5.41) is 5.01. The van der Waals surface area contributed by atoms with Crippen molar-refractivity contribution >= 4 is 45.7 Å². The summed E-state index contributed by atoms with van der Waals surface area (Å²) >= 11 is 8.77. The third-order valence-electron chi connectivity index (χ3n) is 3.36. The molecule has 0 bridgehead atoms. The van der Waals surface area contributed by atoms with Gasteiger partial charge in [0.05, 0.1) is 16.3 Å². The van der Waals surface area contributed by atoms with Crippen LogP contribution in [0.25, 0.3) is 11.3 Å². The van der Waals surface area contributed by atoms with Crippen LogP contribution in [-0.4, -0.2) is 17.1 Å². The second-order valence-electron chi connectivity index (χ2n) is 4.97. The second kappa shape index (κ2) is 7.51. The smallest absolute Gasteiger partial charge is 0.258 e. The van der Waals surface area contributed by atoms with Crippen molar-refractivity contribution in [2.45, 2.75) is 4.90 Å². The predicted octanol–water partition coefficient (Wildman–Crippen LogP) is 5.72. The average Bonchev–Trinajstić information content (AvgIpc) is 3.06. The maximum absolute atomic E-state index is 13.3. The molecule has 0 atom stereocenters. The van der Waals surface area contributed by atoms with Crippen LogP contribution in [0.3, 0.4) is 0 Å². The van der Waals surface area contributed by atoms with Crippen molar-refractivity contribution in [3.8, 4) is 11.3 Å². The average molecular weight is 397 g/mol. The molecule has 3 nitrogen and oxygen atoms in total. The number of rotatable bonds is 4. The van der Waals surface area contributed by atoms with E-state index in [1.54, 1.807) is 17.5 Å². The Kier molecular flexibility index (Phi) is 5.36. The number of halogens is 3. The number of carbonyl (C=O) groups is 1. The predicted molar refractivity (Wildman–Crippen MR) is 98.7 cm³/mol. The first-order valence-electron chi connectivity index (χ1n) is 7.04. The van der Waals surface area contributed by atoms with Crippen molar-refractivity contribution < 1.29 is 13.6 Å². The number of amides is 1. The summed E-state index contributed by atoms with van der Waals surface area (Å²) in [5.74, 6) is -2.25. The van der Waals surface area contributed by atoms with Gasteiger partial charge in [-0.3, -0.25) is 10.1 Å². The SMILES string of the molecule is CSc1ccc(Cl)c(C(=O)Nc2nc(-c3ccc(F)c(F)c3)cs2)c1. The Morgan fingerprint density at radius 3 is 2.72 bits per heavy atom. The van der Waals surface area contributed by atoms with Gasteiger partial charge in [-0.1, -0.05) is 11.6 Å². The summed E-state index contributed by atoms with van der Waals surface area (Å²) in [6.45, 7) is 0. The number of nitrogens with one attached hydrogen (secondary N) is 1. The monoisotopic (exact) mass is 396 g/mol. The van der Waals surface area contributed by atoms with E-state index in [1.807, 2.05) is 12.3 Å². The number of carbonyl (C=O) groups excluding carboxylic acids is 1. The molecule has 0 radical (unpaired) electrons. The van der Waals surface area contributed by atoms with Crippen LogP contribution in [0.15, 0.2) is 46.7 Å². The van der Waals surface area contributed by atoms with Gasteiger partial charge in [0.1, 0.15) is 0 Å². The van der Waals surface area contributed by atoms with Gasteiger partial charge in [0.2, 0.25) is 0 Å². The minimum absolute atomic E-state index is 0.340. The van der Waals surface area contributed by atoms with Crippen molar-refractivity contribution in [3.63, 3.8) is 0 Å². The molecule has 128 valence electrons. The number of hydrogen-bond acceptors (Lipinski definition) is 4. The van der Waals surface area contributed by atoms with Crippen molar-refractivity contribution in [1.82, 2.24) is 4.98 Å². The zero-order chi connectivity index (χ0) is 18.0. The topological polar surface area (TPSA) is 42.0 Å². The third-order valence-corrected chi connectivity index (χ3v) is 5.17. The van der Waals surface area contributed by atoms with Gasteiger partial charge in [0.25, 0.3) is 5.91 Å². The Labute approximate surface area is 156 Å². The minimum Gasteiger partial charge on any atom is -0.298 e. The first kappa shape index (κ1) is 17.8. The molecule has 0 saturated carbocycles. The summed E-state index contributed by atoms with van der Waals surface area (Å²) in [5.41, 5.74) is 1.22. The van der Waals surface area contributed by atoms with Crippen molar-refractivity contribution in [2.24, 2.45) is 0 Å². The Morgan fingerprint density at radius 2 is 2.00 bits per heavy atom. The molecule has 0 unspecified atom stereocenters. The lowest BCUT2D eigenvalue weighted by atomic mass is 10.2. The van der Waals surface area contributed by atoms with Crippen molar-refractivity contribution in [3.05, 3.63) is 64.0 Å². The molecular formula is C17H11ClF2N2OS2. The number of benzene rings is 2. The van der Waals surface area contributed by atoms with E-state index in [2.05, 4.69) is 10.3 Å². The van der Waals surface area contributed by atoms with E-state index < -0.39 is 11.6 Å². The number of hydrogen-bond donors (Lipinski definition) is 1. The highest BCUT2D eigenvalue weighted by atomic mass is 35.5. The number of thiazole rings is 1. The molecule has 1 heterocycles. The quantitative estimate of drug-likeness (QED) is 0.574. The fraction of sp³-hybridized carbons (Fsp3) is 0.0588. The number of anilines is 1. The number of nitrogens with zero attached hydrogens (tertiary/aromatic N) is 1. The van der Waals surface area contributed by atoms with E-state index in [1.165, 1.54) is 29.2 Å². The van der Waals surface area contributed by atoms with Gasteiger partial charge in [0.15, 0.2) is 16.8 Å². The molecule has 25 heavy (non-hydrogen) atoms. The van der Waals surface area contributed by atoms with E-state index in [0.29, 0.717) is 27.0 Å². The van der Waals surface area contributed by atoms with E-state index in [-0.39, 0.29) is 5.91 Å². The lowest BCUT2D eigenvalue weighted by Crippen LogP contribution is -2.12. The summed E-state index contributed by atoms with van der Waals surface area (Å²) in [6.07, 6.45) is 1.90.